The van der Waals surface area contributed by atoms with E-state index in [0.29, 0.717) is 13.2 Å². The highest BCUT2D eigenvalue weighted by atomic mass is 79.9. The first-order valence-corrected chi connectivity index (χ1v) is 9.96. The molecular formula is C20H22BrNO4. The summed E-state index contributed by atoms with van der Waals surface area (Å²) in [6.45, 7) is 2.93. The smallest absolute Gasteiger partial charge is 0.312 e. The maximum absolute atomic E-state index is 13.2. The Balaban J connectivity index is 1.56. The zero-order valence-electron chi connectivity index (χ0n) is 14.7. The van der Waals surface area contributed by atoms with Gasteiger partial charge in [0.25, 0.3) is 0 Å². The van der Waals surface area contributed by atoms with Gasteiger partial charge in [-0.05, 0) is 34.5 Å². The van der Waals surface area contributed by atoms with Gasteiger partial charge in [0.05, 0.1) is 30.9 Å². The van der Waals surface area contributed by atoms with Gasteiger partial charge < -0.3 is 14.4 Å². The van der Waals surface area contributed by atoms with E-state index in [1.165, 1.54) is 0 Å². The molecule has 0 saturated carbocycles. The van der Waals surface area contributed by atoms with Gasteiger partial charge in [-0.1, -0.05) is 44.1 Å². The first kappa shape index (κ1) is 17.7. The van der Waals surface area contributed by atoms with Crippen molar-refractivity contribution in [3.8, 4) is 0 Å². The molecule has 2 fully saturated rings. The number of unbranched alkanes of at least 4 members (excludes halogenated alkanes) is 2. The summed E-state index contributed by atoms with van der Waals surface area (Å²) < 4.78 is 12.4. The van der Waals surface area contributed by atoms with Crippen molar-refractivity contribution in [2.24, 2.45) is 11.8 Å². The highest BCUT2D eigenvalue weighted by molar-refractivity contribution is 9.10. The quantitative estimate of drug-likeness (QED) is 0.402. The number of anilines is 1. The highest BCUT2D eigenvalue weighted by Gasteiger charge is 2.67. The van der Waals surface area contributed by atoms with Crippen molar-refractivity contribution in [3.05, 3.63) is 40.9 Å². The van der Waals surface area contributed by atoms with E-state index in [9.17, 15) is 9.59 Å². The van der Waals surface area contributed by atoms with Crippen molar-refractivity contribution in [2.45, 2.75) is 37.9 Å². The van der Waals surface area contributed by atoms with Crippen LogP contribution in [0.4, 0.5) is 5.69 Å². The van der Waals surface area contributed by atoms with Crippen molar-refractivity contribution >= 4 is 33.5 Å². The predicted octanol–water partition coefficient (Wildman–Crippen LogP) is 3.47. The Morgan fingerprint density at radius 3 is 2.96 bits per heavy atom. The van der Waals surface area contributed by atoms with Crippen LogP contribution in [0.1, 0.15) is 26.2 Å². The molecule has 1 aromatic carbocycles. The predicted molar refractivity (Wildman–Crippen MR) is 101 cm³/mol. The number of hydrogen-bond donors (Lipinski definition) is 0. The first-order valence-electron chi connectivity index (χ1n) is 9.17. The van der Waals surface area contributed by atoms with Gasteiger partial charge in [0, 0.05) is 4.47 Å². The summed E-state index contributed by atoms with van der Waals surface area (Å²) >= 11 is 3.51. The lowest BCUT2D eigenvalue weighted by atomic mass is 9.77. The second kappa shape index (κ2) is 6.82. The highest BCUT2D eigenvalue weighted by Crippen LogP contribution is 2.53. The van der Waals surface area contributed by atoms with Crippen LogP contribution in [0.3, 0.4) is 0 Å². The van der Waals surface area contributed by atoms with Gasteiger partial charge in [-0.3, -0.25) is 9.59 Å². The number of benzene rings is 1. The van der Waals surface area contributed by atoms with Gasteiger partial charge in [-0.2, -0.15) is 0 Å². The summed E-state index contributed by atoms with van der Waals surface area (Å²) in [5.74, 6) is -1.45. The van der Waals surface area contributed by atoms with Gasteiger partial charge in [0.15, 0.2) is 0 Å². The Hall–Kier alpha value is -1.66. The molecule has 2 bridgehead atoms. The number of ether oxygens (including phenoxy) is 2. The minimum atomic E-state index is -0.718. The molecular weight excluding hydrogens is 398 g/mol. The fourth-order valence-corrected chi connectivity index (χ4v) is 4.76. The second-order valence-electron chi connectivity index (χ2n) is 7.15. The number of hydrogen-bond acceptors (Lipinski definition) is 4. The van der Waals surface area contributed by atoms with Crippen LogP contribution >= 0.6 is 15.9 Å². The average molecular weight is 420 g/mol. The van der Waals surface area contributed by atoms with Crippen molar-refractivity contribution in [3.63, 3.8) is 0 Å². The average Bonchev–Trinajstić information content (AvgIpc) is 3.27. The minimum absolute atomic E-state index is 0.0701. The maximum Gasteiger partial charge on any atom is 0.312 e. The van der Waals surface area contributed by atoms with Crippen molar-refractivity contribution in [1.29, 1.82) is 0 Å². The monoisotopic (exact) mass is 419 g/mol. The fraction of sp³-hybridized carbons (Fsp3) is 0.500. The van der Waals surface area contributed by atoms with Gasteiger partial charge in [0.1, 0.15) is 11.5 Å². The van der Waals surface area contributed by atoms with E-state index in [-0.39, 0.29) is 18.0 Å². The number of fused-ring (bicyclic) bond motifs is 1. The van der Waals surface area contributed by atoms with E-state index in [4.69, 9.17) is 9.47 Å². The molecule has 0 radical (unpaired) electrons. The Morgan fingerprint density at radius 2 is 2.19 bits per heavy atom. The van der Waals surface area contributed by atoms with Crippen LogP contribution in [-0.2, 0) is 19.1 Å². The van der Waals surface area contributed by atoms with Crippen molar-refractivity contribution in [1.82, 2.24) is 0 Å². The van der Waals surface area contributed by atoms with Crippen molar-refractivity contribution < 1.29 is 19.1 Å². The van der Waals surface area contributed by atoms with E-state index >= 15 is 0 Å². The molecule has 3 heterocycles. The van der Waals surface area contributed by atoms with Gasteiger partial charge in [-0.15, -0.1) is 0 Å². The third-order valence-corrected chi connectivity index (χ3v) is 6.18. The van der Waals surface area contributed by atoms with Gasteiger partial charge >= 0.3 is 5.97 Å². The number of amides is 1. The molecule has 6 heteroatoms. The van der Waals surface area contributed by atoms with Crippen LogP contribution in [0.2, 0.25) is 0 Å². The molecule has 1 aromatic rings. The third kappa shape index (κ3) is 2.70. The Morgan fingerprint density at radius 1 is 1.38 bits per heavy atom. The summed E-state index contributed by atoms with van der Waals surface area (Å²) in [6.07, 6.45) is 6.45. The topological polar surface area (TPSA) is 55.8 Å². The molecule has 0 N–H and O–H groups in total. The SMILES string of the molecule is CCCCCOC(=O)C1C2C=CC3(CN(c4ccccc4Br)C(=O)C13)O2. The normalized spacial score (nSPS) is 31.5. The fourth-order valence-electron chi connectivity index (χ4n) is 4.26. The molecule has 1 spiro atoms. The maximum atomic E-state index is 13.2. The number of carbonyl (C=O) groups is 2. The largest absolute Gasteiger partial charge is 0.465 e. The molecule has 4 unspecified atom stereocenters. The zero-order valence-corrected chi connectivity index (χ0v) is 16.3. The number of halogens is 1. The van der Waals surface area contributed by atoms with Crippen molar-refractivity contribution in [2.75, 3.05) is 18.1 Å². The molecule has 3 aliphatic heterocycles. The molecule has 2 saturated heterocycles. The summed E-state index contributed by atoms with van der Waals surface area (Å²) in [6, 6.07) is 7.61. The van der Waals surface area contributed by atoms with Crippen LogP contribution in [0, 0.1) is 11.8 Å². The van der Waals surface area contributed by atoms with Crippen LogP contribution in [0.5, 0.6) is 0 Å². The molecule has 3 aliphatic rings. The number of para-hydroxylation sites is 1. The van der Waals surface area contributed by atoms with E-state index in [1.54, 1.807) is 4.90 Å². The lowest BCUT2D eigenvalue weighted by Crippen LogP contribution is -2.40. The number of esters is 1. The summed E-state index contributed by atoms with van der Waals surface area (Å²) in [5, 5.41) is 0. The summed E-state index contributed by atoms with van der Waals surface area (Å²) in [5.41, 5.74) is 0.0845. The van der Waals surface area contributed by atoms with E-state index in [0.717, 1.165) is 29.4 Å². The molecule has 4 atom stereocenters. The standard InChI is InChI=1S/C20H22BrNO4/c1-2-3-6-11-25-19(24)16-15-9-10-20(26-15)12-22(18(23)17(16)20)14-8-5-4-7-13(14)21/h4-5,7-10,15-17H,2-3,6,11-12H2,1H3. The molecule has 0 aliphatic carbocycles. The molecule has 5 nitrogen and oxygen atoms in total. The van der Waals surface area contributed by atoms with Crippen LogP contribution < -0.4 is 4.90 Å². The zero-order chi connectivity index (χ0) is 18.3. The van der Waals surface area contributed by atoms with Crippen LogP contribution in [0.25, 0.3) is 0 Å². The Bertz CT molecular complexity index is 764. The second-order valence-corrected chi connectivity index (χ2v) is 8.00. The Labute approximate surface area is 161 Å². The van der Waals surface area contributed by atoms with Crippen LogP contribution in [-0.4, -0.2) is 36.7 Å². The number of rotatable bonds is 6. The molecule has 0 aromatic heterocycles. The lowest BCUT2D eigenvalue weighted by Gasteiger charge is -2.22. The third-order valence-electron chi connectivity index (χ3n) is 5.51. The molecule has 4 rings (SSSR count). The van der Waals surface area contributed by atoms with Gasteiger partial charge in [-0.25, -0.2) is 0 Å². The summed E-state index contributed by atoms with van der Waals surface area (Å²) in [7, 11) is 0. The van der Waals surface area contributed by atoms with E-state index in [1.807, 2.05) is 36.4 Å². The van der Waals surface area contributed by atoms with Crippen LogP contribution in [0.15, 0.2) is 40.9 Å². The molecule has 26 heavy (non-hydrogen) atoms. The number of carbonyl (C=O) groups excluding carboxylic acids is 2. The summed E-state index contributed by atoms with van der Waals surface area (Å²) in [4.78, 5) is 27.6. The van der Waals surface area contributed by atoms with Gasteiger partial charge in [0.2, 0.25) is 5.91 Å². The molecule has 1 amide bonds. The molecule has 138 valence electrons. The first-order chi connectivity index (χ1) is 12.6. The van der Waals surface area contributed by atoms with E-state index in [2.05, 4.69) is 22.9 Å². The lowest BCUT2D eigenvalue weighted by molar-refractivity contribution is -0.152. The number of nitrogens with zero attached hydrogens (tertiary/aromatic N) is 1. The Kier molecular flexibility index (Phi) is 4.65. The van der Waals surface area contributed by atoms with E-state index < -0.39 is 17.4 Å². The minimum Gasteiger partial charge on any atom is -0.465 e.